The van der Waals surface area contributed by atoms with Crippen LogP contribution in [0.25, 0.3) is 0 Å². The van der Waals surface area contributed by atoms with Crippen molar-refractivity contribution in [2.75, 3.05) is 0 Å². The summed E-state index contributed by atoms with van der Waals surface area (Å²) >= 11 is 0. The summed E-state index contributed by atoms with van der Waals surface area (Å²) in [6, 6.07) is 9.47. The minimum Gasteiger partial charge on any atom is -0.294 e. The summed E-state index contributed by atoms with van der Waals surface area (Å²) in [6.07, 6.45) is 9.04. The zero-order valence-corrected chi connectivity index (χ0v) is 8.65. The van der Waals surface area contributed by atoms with E-state index in [4.69, 9.17) is 0 Å². The zero-order chi connectivity index (χ0) is 10.5. The fourth-order valence-corrected chi connectivity index (χ4v) is 1.71. The normalized spacial score (nSPS) is 14.8. The van der Waals surface area contributed by atoms with E-state index in [-0.39, 0.29) is 5.78 Å². The Kier molecular flexibility index (Phi) is 3.13. The molecule has 0 heterocycles. The van der Waals surface area contributed by atoms with E-state index < -0.39 is 0 Å². The van der Waals surface area contributed by atoms with Crippen LogP contribution in [0.5, 0.6) is 0 Å². The van der Waals surface area contributed by atoms with Crippen molar-refractivity contribution in [2.24, 2.45) is 0 Å². The van der Waals surface area contributed by atoms with Crippen LogP contribution in [-0.2, 0) is 0 Å². The predicted octanol–water partition coefficient (Wildman–Crippen LogP) is 3.54. The van der Waals surface area contributed by atoms with E-state index in [0.717, 1.165) is 24.0 Å². The third-order valence-corrected chi connectivity index (χ3v) is 2.53. The van der Waals surface area contributed by atoms with Gasteiger partial charge in [0, 0.05) is 12.0 Å². The molecule has 1 aromatic rings. The van der Waals surface area contributed by atoms with E-state index in [0.29, 0.717) is 6.42 Å². The topological polar surface area (TPSA) is 17.1 Å². The molecule has 0 radical (unpaired) electrons. The lowest BCUT2D eigenvalue weighted by atomic mass is 9.99. The Labute approximate surface area is 90.1 Å². The second-order valence-electron chi connectivity index (χ2n) is 3.72. The molecule has 0 unspecified atom stereocenters. The number of Topliss-reactive ketones (excluding diaryl/α,β-unsaturated/α-hetero) is 1. The number of benzene rings is 1. The zero-order valence-electron chi connectivity index (χ0n) is 8.65. The van der Waals surface area contributed by atoms with Gasteiger partial charge in [-0.15, -0.1) is 0 Å². The Morgan fingerprint density at radius 1 is 1.13 bits per heavy atom. The predicted molar refractivity (Wildman–Crippen MR) is 61.8 cm³/mol. The van der Waals surface area contributed by atoms with Crippen molar-refractivity contribution >= 4 is 5.78 Å². The molecule has 1 aromatic carbocycles. The van der Waals surface area contributed by atoms with Gasteiger partial charge in [-0.05, 0) is 18.4 Å². The molecule has 0 spiro atoms. The minimum absolute atomic E-state index is 0.202. The highest BCUT2D eigenvalue weighted by Gasteiger charge is 2.07. The van der Waals surface area contributed by atoms with Crippen LogP contribution in [-0.4, -0.2) is 5.78 Å². The van der Waals surface area contributed by atoms with Crippen LogP contribution in [0.15, 0.2) is 54.1 Å². The van der Waals surface area contributed by atoms with Crippen molar-refractivity contribution in [1.82, 2.24) is 0 Å². The largest absolute Gasteiger partial charge is 0.294 e. The first-order valence-corrected chi connectivity index (χ1v) is 5.30. The third-order valence-electron chi connectivity index (χ3n) is 2.53. The summed E-state index contributed by atoms with van der Waals surface area (Å²) in [7, 11) is 0. The number of carbonyl (C=O) groups is 1. The highest BCUT2D eigenvalue weighted by molar-refractivity contribution is 5.97. The molecule has 0 amide bonds. The molecular weight excluding hydrogens is 184 g/mol. The number of hydrogen-bond acceptors (Lipinski definition) is 1. The standard InChI is InChI=1S/C14H14O/c15-14(13-9-5-2-6-10-13)11-12-7-3-1-4-8-12/h2-3,5-10H,1,4,11H2. The molecule has 2 rings (SSSR count). The molecule has 1 nitrogen and oxygen atoms in total. The first-order chi connectivity index (χ1) is 7.36. The molecule has 15 heavy (non-hydrogen) atoms. The van der Waals surface area contributed by atoms with Gasteiger partial charge in [0.15, 0.2) is 5.78 Å². The van der Waals surface area contributed by atoms with Gasteiger partial charge in [0.1, 0.15) is 0 Å². The number of allylic oxidation sites excluding steroid dienone is 4. The van der Waals surface area contributed by atoms with E-state index in [1.165, 1.54) is 0 Å². The number of ketones is 1. The second kappa shape index (κ2) is 4.74. The molecule has 1 aliphatic carbocycles. The van der Waals surface area contributed by atoms with E-state index in [1.807, 2.05) is 30.3 Å². The van der Waals surface area contributed by atoms with Gasteiger partial charge >= 0.3 is 0 Å². The highest BCUT2D eigenvalue weighted by Crippen LogP contribution is 2.15. The van der Waals surface area contributed by atoms with Gasteiger partial charge in [-0.25, -0.2) is 0 Å². The molecule has 1 heteroatoms. The Morgan fingerprint density at radius 3 is 2.60 bits per heavy atom. The van der Waals surface area contributed by atoms with Gasteiger partial charge in [-0.3, -0.25) is 4.79 Å². The fourth-order valence-electron chi connectivity index (χ4n) is 1.71. The van der Waals surface area contributed by atoms with Gasteiger partial charge < -0.3 is 0 Å². The van der Waals surface area contributed by atoms with Crippen LogP contribution in [0.2, 0.25) is 0 Å². The Morgan fingerprint density at radius 2 is 1.93 bits per heavy atom. The van der Waals surface area contributed by atoms with Crippen LogP contribution in [0.3, 0.4) is 0 Å². The lowest BCUT2D eigenvalue weighted by molar-refractivity contribution is 0.0993. The van der Waals surface area contributed by atoms with Crippen molar-refractivity contribution in [2.45, 2.75) is 19.3 Å². The van der Waals surface area contributed by atoms with Crippen molar-refractivity contribution in [3.63, 3.8) is 0 Å². The maximum absolute atomic E-state index is 11.8. The van der Waals surface area contributed by atoms with Gasteiger partial charge in [-0.2, -0.15) is 0 Å². The van der Waals surface area contributed by atoms with Crippen LogP contribution in [0.1, 0.15) is 29.6 Å². The molecule has 0 saturated heterocycles. The van der Waals surface area contributed by atoms with Crippen LogP contribution in [0.4, 0.5) is 0 Å². The maximum Gasteiger partial charge on any atom is 0.167 e. The monoisotopic (exact) mass is 198 g/mol. The summed E-state index contributed by atoms with van der Waals surface area (Å²) in [4.78, 5) is 11.8. The molecule has 0 fully saturated rings. The highest BCUT2D eigenvalue weighted by atomic mass is 16.1. The Bertz CT molecular complexity index is 399. The van der Waals surface area contributed by atoms with Crippen LogP contribution >= 0.6 is 0 Å². The summed E-state index contributed by atoms with van der Waals surface area (Å²) in [5, 5.41) is 0. The van der Waals surface area contributed by atoms with Crippen LogP contribution in [0, 0.1) is 0 Å². The van der Waals surface area contributed by atoms with Gasteiger partial charge in [-0.1, -0.05) is 48.6 Å². The Balaban J connectivity index is 2.04. The second-order valence-corrected chi connectivity index (χ2v) is 3.72. The SMILES string of the molecule is O=C(CC1=CCCC=C1)c1ccccc1. The summed E-state index contributed by atoms with van der Waals surface area (Å²) in [6.45, 7) is 0. The number of hydrogen-bond donors (Lipinski definition) is 0. The molecular formula is C14H14O. The average molecular weight is 198 g/mol. The summed E-state index contributed by atoms with van der Waals surface area (Å²) in [5.74, 6) is 0.202. The molecule has 0 aliphatic heterocycles. The first-order valence-electron chi connectivity index (χ1n) is 5.30. The quantitative estimate of drug-likeness (QED) is 0.679. The lowest BCUT2D eigenvalue weighted by Crippen LogP contribution is -2.00. The number of rotatable bonds is 3. The first kappa shape index (κ1) is 9.91. The molecule has 0 bridgehead atoms. The average Bonchev–Trinajstić information content (AvgIpc) is 2.31. The number of carbonyl (C=O) groups excluding carboxylic acids is 1. The summed E-state index contributed by atoms with van der Waals surface area (Å²) in [5.41, 5.74) is 1.95. The van der Waals surface area contributed by atoms with Crippen molar-refractivity contribution < 1.29 is 4.79 Å². The fraction of sp³-hybridized carbons (Fsp3) is 0.214. The van der Waals surface area contributed by atoms with Crippen molar-refractivity contribution in [3.8, 4) is 0 Å². The van der Waals surface area contributed by atoms with Gasteiger partial charge in [0.2, 0.25) is 0 Å². The summed E-state index contributed by atoms with van der Waals surface area (Å²) < 4.78 is 0. The van der Waals surface area contributed by atoms with E-state index in [1.54, 1.807) is 0 Å². The Hall–Kier alpha value is -1.63. The third kappa shape index (κ3) is 2.66. The smallest absolute Gasteiger partial charge is 0.167 e. The molecule has 1 aliphatic rings. The molecule has 0 atom stereocenters. The molecule has 0 N–H and O–H groups in total. The van der Waals surface area contributed by atoms with Gasteiger partial charge in [0.25, 0.3) is 0 Å². The lowest BCUT2D eigenvalue weighted by Gasteiger charge is -2.05. The van der Waals surface area contributed by atoms with Crippen molar-refractivity contribution in [3.05, 3.63) is 59.7 Å². The molecule has 0 aromatic heterocycles. The maximum atomic E-state index is 11.8. The molecule has 76 valence electrons. The van der Waals surface area contributed by atoms with Crippen LogP contribution < -0.4 is 0 Å². The van der Waals surface area contributed by atoms with E-state index in [9.17, 15) is 4.79 Å². The van der Waals surface area contributed by atoms with Gasteiger partial charge in [0.05, 0.1) is 0 Å². The van der Waals surface area contributed by atoms with Crippen molar-refractivity contribution in [1.29, 1.82) is 0 Å². The minimum atomic E-state index is 0.202. The van der Waals surface area contributed by atoms with E-state index in [2.05, 4.69) is 18.2 Å². The van der Waals surface area contributed by atoms with E-state index >= 15 is 0 Å². The molecule has 0 saturated carbocycles.